The van der Waals surface area contributed by atoms with Crippen molar-refractivity contribution in [2.45, 2.75) is 90.9 Å². The molecule has 0 amide bonds. The van der Waals surface area contributed by atoms with Gasteiger partial charge in [0.25, 0.3) is 0 Å². The number of aliphatic carboxylic acids is 2. The molecule has 0 aromatic carbocycles. The van der Waals surface area contributed by atoms with Crippen LogP contribution in [0.5, 0.6) is 0 Å². The normalized spacial score (nSPS) is 9.24. The van der Waals surface area contributed by atoms with E-state index in [-0.39, 0.29) is 34.6 Å². The number of hydrogen-bond acceptors (Lipinski definition) is 4. The first-order valence-corrected chi connectivity index (χ1v) is 7.94. The number of rotatable bonds is 12. The van der Waals surface area contributed by atoms with E-state index in [9.17, 15) is 19.8 Å². The van der Waals surface area contributed by atoms with Crippen molar-refractivity contribution in [1.29, 1.82) is 0 Å². The summed E-state index contributed by atoms with van der Waals surface area (Å²) in [5, 5.41) is 19.8. The number of carboxylic acids is 2. The molecule has 0 N–H and O–H groups in total. The molecule has 0 heterocycles. The largest absolute Gasteiger partial charge is 2.00 e. The average molecular weight is 334 g/mol. The Morgan fingerprint density at radius 1 is 0.619 bits per heavy atom. The minimum atomic E-state index is -0.920. The molecule has 0 saturated heterocycles. The molecule has 0 atom stereocenters. The summed E-state index contributed by atoms with van der Waals surface area (Å²) >= 11 is 0. The van der Waals surface area contributed by atoms with Crippen LogP contribution >= 0.6 is 0 Å². The molecule has 122 valence electrons. The van der Waals surface area contributed by atoms with E-state index in [1.165, 1.54) is 25.7 Å². The molecule has 0 fully saturated rings. The van der Waals surface area contributed by atoms with Crippen LogP contribution in [0.4, 0.5) is 0 Å². The summed E-state index contributed by atoms with van der Waals surface area (Å²) in [4.78, 5) is 19.8. The monoisotopic (exact) mass is 334 g/mol. The molecule has 0 aliphatic rings. The van der Waals surface area contributed by atoms with Gasteiger partial charge in [-0.1, -0.05) is 65.2 Å². The number of unbranched alkanes of at least 4 members (excludes halogenated alkanes) is 8. The second-order valence-corrected chi connectivity index (χ2v) is 5.07. The minimum Gasteiger partial charge on any atom is -0.550 e. The third-order valence-corrected chi connectivity index (χ3v) is 2.97. The van der Waals surface area contributed by atoms with Gasteiger partial charge >= 0.3 is 21.7 Å². The predicted molar refractivity (Wildman–Crippen MR) is 76.8 cm³/mol. The second kappa shape index (κ2) is 21.9. The van der Waals surface area contributed by atoms with Crippen LogP contribution in [0.25, 0.3) is 0 Å². The van der Waals surface area contributed by atoms with E-state index < -0.39 is 11.9 Å². The Labute approximate surface area is 144 Å². The third-order valence-electron chi connectivity index (χ3n) is 2.97. The van der Waals surface area contributed by atoms with Crippen LogP contribution in [0.2, 0.25) is 0 Å². The number of hydrogen-bond donors (Lipinski definition) is 0. The van der Waals surface area contributed by atoms with Crippen LogP contribution in [0, 0.1) is 0 Å². The molecule has 0 aliphatic heterocycles. The standard InChI is InChI=1S/2C8H16O2.Ti/c2*1-2-3-4-5-6-7-8(9)10;/h2*2-7H2,1H3,(H,9,10);/q;;+2/p-2. The zero-order chi connectivity index (χ0) is 15.6. The minimum absolute atomic E-state index is 0. The van der Waals surface area contributed by atoms with Crippen molar-refractivity contribution in [2.24, 2.45) is 0 Å². The van der Waals surface area contributed by atoms with Crippen LogP contribution in [0.15, 0.2) is 0 Å². The first-order valence-electron chi connectivity index (χ1n) is 7.94. The third kappa shape index (κ3) is 32.9. The smallest absolute Gasteiger partial charge is 0.550 e. The van der Waals surface area contributed by atoms with Crippen LogP contribution in [0.3, 0.4) is 0 Å². The summed E-state index contributed by atoms with van der Waals surface area (Å²) in [5.74, 6) is -1.84. The molecule has 0 aromatic rings. The molecule has 0 unspecified atom stereocenters. The van der Waals surface area contributed by atoms with Gasteiger partial charge in [0.15, 0.2) is 0 Å². The summed E-state index contributed by atoms with van der Waals surface area (Å²) in [7, 11) is 0. The molecule has 21 heavy (non-hydrogen) atoms. The van der Waals surface area contributed by atoms with Gasteiger partial charge in [-0.05, 0) is 25.7 Å². The fourth-order valence-electron chi connectivity index (χ4n) is 1.75. The maximum Gasteiger partial charge on any atom is 2.00 e. The van der Waals surface area contributed by atoms with Crippen molar-refractivity contribution in [2.75, 3.05) is 0 Å². The van der Waals surface area contributed by atoms with Crippen LogP contribution < -0.4 is 10.2 Å². The Balaban J connectivity index is -0.000000295. The van der Waals surface area contributed by atoms with Crippen molar-refractivity contribution >= 4 is 11.9 Å². The Morgan fingerprint density at radius 3 is 1.14 bits per heavy atom. The van der Waals surface area contributed by atoms with E-state index in [0.29, 0.717) is 0 Å². The fourth-order valence-corrected chi connectivity index (χ4v) is 1.75. The van der Waals surface area contributed by atoms with E-state index in [0.717, 1.165) is 38.5 Å². The summed E-state index contributed by atoms with van der Waals surface area (Å²) in [5.41, 5.74) is 0. The predicted octanol–water partition coefficient (Wildman–Crippen LogP) is 2.19. The van der Waals surface area contributed by atoms with Crippen molar-refractivity contribution in [3.8, 4) is 0 Å². The first kappa shape index (κ1) is 25.6. The zero-order valence-corrected chi connectivity index (χ0v) is 15.2. The molecule has 0 aromatic heterocycles. The van der Waals surface area contributed by atoms with Gasteiger partial charge in [-0.25, -0.2) is 0 Å². The van der Waals surface area contributed by atoms with E-state index >= 15 is 0 Å². The maximum atomic E-state index is 9.92. The Morgan fingerprint density at radius 2 is 0.905 bits per heavy atom. The maximum absolute atomic E-state index is 9.92. The Kier molecular flexibility index (Phi) is 26.7. The Hall–Kier alpha value is -0.346. The van der Waals surface area contributed by atoms with E-state index in [4.69, 9.17) is 0 Å². The van der Waals surface area contributed by atoms with E-state index in [1.54, 1.807) is 0 Å². The molecule has 0 aliphatic carbocycles. The van der Waals surface area contributed by atoms with Gasteiger partial charge in [0.1, 0.15) is 0 Å². The van der Waals surface area contributed by atoms with E-state index in [1.807, 2.05) is 0 Å². The first-order chi connectivity index (χ1) is 9.54. The molecule has 0 bridgehead atoms. The number of carbonyl (C=O) groups excluding carboxylic acids is 2. The van der Waals surface area contributed by atoms with Crippen molar-refractivity contribution in [3.63, 3.8) is 0 Å². The van der Waals surface area contributed by atoms with Gasteiger partial charge in [-0.2, -0.15) is 0 Å². The number of carboxylic acid groups (broad SMARTS) is 2. The van der Waals surface area contributed by atoms with Gasteiger partial charge in [-0.3, -0.25) is 0 Å². The van der Waals surface area contributed by atoms with Gasteiger partial charge < -0.3 is 19.8 Å². The number of carbonyl (C=O) groups is 2. The van der Waals surface area contributed by atoms with Gasteiger partial charge in [0.05, 0.1) is 0 Å². The van der Waals surface area contributed by atoms with Crippen molar-refractivity contribution in [1.82, 2.24) is 0 Å². The molecule has 0 saturated carbocycles. The van der Waals surface area contributed by atoms with Gasteiger partial charge in [-0.15, -0.1) is 0 Å². The quantitative estimate of drug-likeness (QED) is 0.405. The molecular formula is C16H30O4Ti. The molecule has 0 radical (unpaired) electrons. The van der Waals surface area contributed by atoms with Crippen LogP contribution in [-0.2, 0) is 31.3 Å². The topological polar surface area (TPSA) is 80.3 Å². The zero-order valence-electron chi connectivity index (χ0n) is 13.6. The Bertz CT molecular complexity index is 208. The second-order valence-electron chi connectivity index (χ2n) is 5.07. The van der Waals surface area contributed by atoms with Crippen molar-refractivity contribution in [3.05, 3.63) is 0 Å². The van der Waals surface area contributed by atoms with Gasteiger partial charge in [0.2, 0.25) is 0 Å². The molecular weight excluding hydrogens is 304 g/mol. The molecule has 0 rings (SSSR count). The fraction of sp³-hybridized carbons (Fsp3) is 0.875. The summed E-state index contributed by atoms with van der Waals surface area (Å²) in [6, 6.07) is 0. The summed E-state index contributed by atoms with van der Waals surface area (Å²) < 4.78 is 0. The SMILES string of the molecule is CCCCCCCC(=O)[O-].CCCCCCCC(=O)[O-].[Ti+2]. The average Bonchev–Trinajstić information content (AvgIpc) is 2.38. The molecule has 0 spiro atoms. The molecule has 4 nitrogen and oxygen atoms in total. The van der Waals surface area contributed by atoms with Gasteiger partial charge in [0, 0.05) is 11.9 Å². The van der Waals surface area contributed by atoms with Crippen LogP contribution in [0.1, 0.15) is 90.9 Å². The molecule has 5 heteroatoms. The van der Waals surface area contributed by atoms with Crippen LogP contribution in [-0.4, -0.2) is 11.9 Å². The van der Waals surface area contributed by atoms with Crippen molar-refractivity contribution < 1.29 is 41.5 Å². The van der Waals surface area contributed by atoms with E-state index in [2.05, 4.69) is 13.8 Å². The summed E-state index contributed by atoms with van der Waals surface area (Å²) in [6.07, 6.45) is 11.2. The summed E-state index contributed by atoms with van der Waals surface area (Å²) in [6.45, 7) is 4.28.